The first-order chi connectivity index (χ1) is 20.8. The molecule has 1 unspecified atom stereocenters. The molecule has 2 aromatic rings. The van der Waals surface area contributed by atoms with Crippen molar-refractivity contribution in [3.8, 4) is 0 Å². The van der Waals surface area contributed by atoms with Gasteiger partial charge in [-0.3, -0.25) is 24.8 Å². The molecule has 4 rings (SSSR count). The lowest BCUT2D eigenvalue weighted by Crippen LogP contribution is -2.50. The normalized spacial score (nSPS) is 18.5. The van der Waals surface area contributed by atoms with Crippen molar-refractivity contribution < 1.29 is 29.0 Å². The number of pyridine rings is 1. The number of aliphatic hydroxyl groups is 1. The molecule has 11 nitrogen and oxygen atoms in total. The van der Waals surface area contributed by atoms with E-state index < -0.39 is 30.2 Å². The first-order valence-corrected chi connectivity index (χ1v) is 15.3. The average molecular weight is 596 g/mol. The molecule has 0 spiro atoms. The SMILES string of the molecule is C[C@@H](NC(=O)C(=O)[C@H](CCCCNC(O)N1CCOCC1)NC(=O)OCC1(Cc2ccncc2)CCC1)c1ccccc1. The Hall–Kier alpha value is -3.38. The summed E-state index contributed by atoms with van der Waals surface area (Å²) in [6, 6.07) is 11.9. The van der Waals surface area contributed by atoms with Crippen LogP contribution in [0.3, 0.4) is 0 Å². The highest BCUT2D eigenvalue weighted by Crippen LogP contribution is 2.44. The summed E-state index contributed by atoms with van der Waals surface area (Å²) >= 11 is 0. The Labute approximate surface area is 253 Å². The number of ketones is 1. The van der Waals surface area contributed by atoms with Crippen molar-refractivity contribution in [1.82, 2.24) is 25.8 Å². The lowest BCUT2D eigenvalue weighted by molar-refractivity contribution is -0.139. The smallest absolute Gasteiger partial charge is 0.407 e. The summed E-state index contributed by atoms with van der Waals surface area (Å²) in [5.41, 5.74) is 1.88. The number of nitrogens with one attached hydrogen (secondary N) is 3. The summed E-state index contributed by atoms with van der Waals surface area (Å²) in [6.45, 7) is 5.03. The van der Waals surface area contributed by atoms with Gasteiger partial charge in [0.25, 0.3) is 5.91 Å². The fraction of sp³-hybridized carbons (Fsp3) is 0.562. The van der Waals surface area contributed by atoms with Crippen LogP contribution in [0.4, 0.5) is 4.79 Å². The molecule has 4 N–H and O–H groups in total. The topological polar surface area (TPSA) is 142 Å². The van der Waals surface area contributed by atoms with Crippen molar-refractivity contribution in [2.45, 2.75) is 70.3 Å². The maximum absolute atomic E-state index is 13.3. The molecule has 2 fully saturated rings. The van der Waals surface area contributed by atoms with E-state index in [1.165, 1.54) is 0 Å². The molecular formula is C32H45N5O6. The molecule has 2 amide bonds. The molecule has 234 valence electrons. The number of morpholine rings is 1. The zero-order chi connectivity index (χ0) is 30.5. The van der Waals surface area contributed by atoms with Gasteiger partial charge in [-0.1, -0.05) is 36.8 Å². The van der Waals surface area contributed by atoms with Crippen molar-refractivity contribution >= 4 is 17.8 Å². The summed E-state index contributed by atoms with van der Waals surface area (Å²) < 4.78 is 11.0. The minimum absolute atomic E-state index is 0.131. The third kappa shape index (κ3) is 10.1. The van der Waals surface area contributed by atoms with Gasteiger partial charge in [0.1, 0.15) is 6.04 Å². The number of carbonyl (C=O) groups excluding carboxylic acids is 3. The van der Waals surface area contributed by atoms with Crippen LogP contribution in [-0.4, -0.2) is 84.6 Å². The molecule has 11 heteroatoms. The van der Waals surface area contributed by atoms with E-state index in [4.69, 9.17) is 9.47 Å². The number of rotatable bonds is 16. The maximum Gasteiger partial charge on any atom is 0.407 e. The quantitative estimate of drug-likeness (QED) is 0.131. The number of ether oxygens (including phenoxy) is 2. The minimum Gasteiger partial charge on any atom is -0.449 e. The van der Waals surface area contributed by atoms with E-state index >= 15 is 0 Å². The number of Topliss-reactive ketones (excluding diaryl/α,β-unsaturated/α-hetero) is 1. The van der Waals surface area contributed by atoms with E-state index in [1.54, 1.807) is 12.4 Å². The van der Waals surface area contributed by atoms with Crippen molar-refractivity contribution in [2.75, 3.05) is 39.5 Å². The van der Waals surface area contributed by atoms with Gasteiger partial charge in [0.15, 0.2) is 6.35 Å². The van der Waals surface area contributed by atoms with Gasteiger partial charge in [0, 0.05) is 30.9 Å². The van der Waals surface area contributed by atoms with Crippen LogP contribution in [0.25, 0.3) is 0 Å². The van der Waals surface area contributed by atoms with E-state index in [2.05, 4.69) is 20.9 Å². The summed E-state index contributed by atoms with van der Waals surface area (Å²) in [7, 11) is 0. The van der Waals surface area contributed by atoms with Gasteiger partial charge >= 0.3 is 6.09 Å². The van der Waals surface area contributed by atoms with Crippen molar-refractivity contribution in [1.29, 1.82) is 0 Å². The molecule has 1 aromatic heterocycles. The van der Waals surface area contributed by atoms with Crippen molar-refractivity contribution in [2.24, 2.45) is 5.41 Å². The highest BCUT2D eigenvalue weighted by atomic mass is 16.5. The number of amides is 2. The predicted molar refractivity (Wildman–Crippen MR) is 161 cm³/mol. The number of hydrogen-bond donors (Lipinski definition) is 4. The second-order valence-corrected chi connectivity index (χ2v) is 11.6. The Kier molecular flexibility index (Phi) is 12.5. The molecule has 0 bridgehead atoms. The molecule has 1 saturated heterocycles. The van der Waals surface area contributed by atoms with Crippen LogP contribution < -0.4 is 16.0 Å². The summed E-state index contributed by atoms with van der Waals surface area (Å²) in [6.07, 6.45) is 7.25. The fourth-order valence-corrected chi connectivity index (χ4v) is 5.56. The second kappa shape index (κ2) is 16.5. The lowest BCUT2D eigenvalue weighted by atomic mass is 9.66. The Morgan fingerprint density at radius 1 is 1.05 bits per heavy atom. The van der Waals surface area contributed by atoms with Crippen LogP contribution in [0, 0.1) is 5.41 Å². The molecule has 3 atom stereocenters. The standard InChI is InChI=1S/C32H45N5O6/c1-24(26-8-3-2-4-9-26)35-29(39)28(38)27(10-5-6-15-34-30(40)37-18-20-42-21-19-37)36-31(41)43-23-32(13-7-14-32)22-25-11-16-33-17-12-25/h2-4,8-9,11-12,16-17,24,27,30,34,40H,5-7,10,13-15,18-23H2,1H3,(H,35,39)(H,36,41)/t24-,27+,30?/m1/s1. The number of aromatic nitrogens is 1. The van der Waals surface area contributed by atoms with E-state index in [0.717, 1.165) is 36.8 Å². The van der Waals surface area contributed by atoms with Crippen LogP contribution in [0.5, 0.6) is 0 Å². The third-order valence-electron chi connectivity index (χ3n) is 8.37. The van der Waals surface area contributed by atoms with Crippen LogP contribution in [0.2, 0.25) is 0 Å². The number of unbranched alkanes of at least 4 members (excludes halogenated alkanes) is 1. The molecule has 2 aliphatic rings. The van der Waals surface area contributed by atoms with Gasteiger partial charge in [0.05, 0.1) is 25.9 Å². The highest BCUT2D eigenvalue weighted by Gasteiger charge is 2.39. The zero-order valence-corrected chi connectivity index (χ0v) is 25.0. The molecule has 1 aliphatic heterocycles. The number of benzene rings is 1. The largest absolute Gasteiger partial charge is 0.449 e. The van der Waals surface area contributed by atoms with Gasteiger partial charge in [-0.05, 0) is 75.3 Å². The number of nitrogens with zero attached hydrogens (tertiary/aromatic N) is 2. The zero-order valence-electron chi connectivity index (χ0n) is 25.0. The predicted octanol–water partition coefficient (Wildman–Crippen LogP) is 2.70. The number of hydrogen-bond acceptors (Lipinski definition) is 9. The first kappa shape index (κ1) is 32.5. The summed E-state index contributed by atoms with van der Waals surface area (Å²) in [5.74, 6) is -1.47. The van der Waals surface area contributed by atoms with Gasteiger partial charge in [-0.25, -0.2) is 4.79 Å². The van der Waals surface area contributed by atoms with Gasteiger partial charge in [0.2, 0.25) is 5.78 Å². The summed E-state index contributed by atoms with van der Waals surface area (Å²) in [4.78, 5) is 45.1. The average Bonchev–Trinajstić information content (AvgIpc) is 3.02. The van der Waals surface area contributed by atoms with Crippen LogP contribution in [0.1, 0.15) is 62.6 Å². The molecular weight excluding hydrogens is 550 g/mol. The minimum atomic E-state index is -1.03. The Balaban J connectivity index is 1.30. The van der Waals surface area contributed by atoms with Gasteiger partial charge < -0.3 is 25.2 Å². The van der Waals surface area contributed by atoms with E-state index in [9.17, 15) is 19.5 Å². The third-order valence-corrected chi connectivity index (χ3v) is 8.37. The number of aliphatic hydroxyl groups excluding tert-OH is 1. The van der Waals surface area contributed by atoms with Gasteiger partial charge in [-0.2, -0.15) is 0 Å². The van der Waals surface area contributed by atoms with Crippen LogP contribution >= 0.6 is 0 Å². The monoisotopic (exact) mass is 595 g/mol. The van der Waals surface area contributed by atoms with Gasteiger partial charge in [-0.15, -0.1) is 0 Å². The molecule has 2 heterocycles. The molecule has 0 radical (unpaired) electrons. The van der Waals surface area contributed by atoms with Crippen molar-refractivity contribution in [3.05, 3.63) is 66.0 Å². The lowest BCUT2D eigenvalue weighted by Gasteiger charge is -2.41. The molecule has 43 heavy (non-hydrogen) atoms. The van der Waals surface area contributed by atoms with Crippen LogP contribution in [0.15, 0.2) is 54.9 Å². The molecule has 1 saturated carbocycles. The second-order valence-electron chi connectivity index (χ2n) is 11.6. The number of alkyl carbamates (subject to hydrolysis) is 1. The van der Waals surface area contributed by atoms with E-state index in [-0.39, 0.29) is 24.5 Å². The van der Waals surface area contributed by atoms with Crippen molar-refractivity contribution in [3.63, 3.8) is 0 Å². The van der Waals surface area contributed by atoms with E-state index in [0.29, 0.717) is 45.7 Å². The first-order valence-electron chi connectivity index (χ1n) is 15.3. The number of carbonyl (C=O) groups is 3. The fourth-order valence-electron chi connectivity index (χ4n) is 5.56. The molecule has 1 aromatic carbocycles. The Morgan fingerprint density at radius 2 is 1.77 bits per heavy atom. The van der Waals surface area contributed by atoms with E-state index in [1.807, 2.05) is 54.3 Å². The highest BCUT2D eigenvalue weighted by molar-refractivity contribution is 6.38. The maximum atomic E-state index is 13.3. The van der Waals surface area contributed by atoms with Crippen LogP contribution in [-0.2, 0) is 25.5 Å². The Bertz CT molecular complexity index is 1160. The Morgan fingerprint density at radius 3 is 2.44 bits per heavy atom. The summed E-state index contributed by atoms with van der Waals surface area (Å²) in [5, 5.41) is 18.9. The molecule has 1 aliphatic carbocycles.